The summed E-state index contributed by atoms with van der Waals surface area (Å²) in [6, 6.07) is 17.0. The maximum Gasteiger partial charge on any atom is 0.136 e. The minimum absolute atomic E-state index is 0.210. The van der Waals surface area contributed by atoms with Gasteiger partial charge in [0.2, 0.25) is 0 Å². The molecule has 0 atom stereocenters. The van der Waals surface area contributed by atoms with Gasteiger partial charge in [-0.05, 0) is 80.8 Å². The molecule has 0 radical (unpaired) electrons. The maximum absolute atomic E-state index is 12.9. The summed E-state index contributed by atoms with van der Waals surface area (Å²) in [6.45, 7) is 4.59. The zero-order chi connectivity index (χ0) is 24.9. The minimum Gasteiger partial charge on any atom is -0.497 e. The SMILES string of the molecule is COc1cc2cc(c1)CN1CCC(CC1)C(=O)CCCN(C)Cc1ccc(cc1)-c1ccnc(n1)C2. The Bertz CT molecular complexity index is 1190. The summed E-state index contributed by atoms with van der Waals surface area (Å²) in [5.74, 6) is 2.32. The van der Waals surface area contributed by atoms with E-state index in [1.54, 1.807) is 7.11 Å². The van der Waals surface area contributed by atoms with Crippen molar-refractivity contribution in [1.82, 2.24) is 19.8 Å². The predicted molar refractivity (Wildman–Crippen MR) is 142 cm³/mol. The molecule has 5 aliphatic rings. The van der Waals surface area contributed by atoms with Crippen LogP contribution in [0.2, 0.25) is 0 Å². The molecule has 8 bridgehead atoms. The van der Waals surface area contributed by atoms with Crippen molar-refractivity contribution in [2.24, 2.45) is 5.92 Å². The van der Waals surface area contributed by atoms with Gasteiger partial charge in [0.25, 0.3) is 0 Å². The molecule has 0 aliphatic carbocycles. The van der Waals surface area contributed by atoms with Crippen molar-refractivity contribution >= 4 is 5.78 Å². The van der Waals surface area contributed by atoms with Crippen molar-refractivity contribution in [3.8, 4) is 17.0 Å². The molecular formula is C30H36N4O2. The summed E-state index contributed by atoms with van der Waals surface area (Å²) < 4.78 is 5.62. The number of ether oxygens (including phenoxy) is 1. The number of carbonyl (C=O) groups excluding carboxylic acids is 1. The number of ketones is 1. The highest BCUT2D eigenvalue weighted by molar-refractivity contribution is 5.81. The van der Waals surface area contributed by atoms with Crippen molar-refractivity contribution in [3.05, 3.63) is 77.2 Å². The standard InChI is InChI=1S/C30H36N4O2/c1-33-13-3-4-29(35)26-10-14-34(15-11-26)21-24-16-23(17-27(18-24)36-2)19-30-31-12-9-28(32-30)25-7-5-22(20-33)6-8-25/h5-9,12,16-18,26H,3-4,10-11,13-15,19-21H2,1-2H3. The topological polar surface area (TPSA) is 58.6 Å². The van der Waals surface area contributed by atoms with Gasteiger partial charge < -0.3 is 9.64 Å². The van der Waals surface area contributed by atoms with Crippen LogP contribution >= 0.6 is 0 Å². The Morgan fingerprint density at radius 1 is 0.917 bits per heavy atom. The molecule has 6 heterocycles. The predicted octanol–water partition coefficient (Wildman–Crippen LogP) is 4.75. The lowest BCUT2D eigenvalue weighted by atomic mass is 9.90. The number of nitrogens with zero attached hydrogens (tertiary/aromatic N) is 4. The lowest BCUT2D eigenvalue weighted by Gasteiger charge is -2.31. The van der Waals surface area contributed by atoms with Crippen molar-refractivity contribution in [1.29, 1.82) is 0 Å². The second-order valence-corrected chi connectivity index (χ2v) is 10.3. The number of piperidine rings is 1. The minimum atomic E-state index is 0.210. The third kappa shape index (κ3) is 6.18. The second kappa shape index (κ2) is 11.3. The number of methoxy groups -OCH3 is 1. The monoisotopic (exact) mass is 484 g/mol. The fourth-order valence-electron chi connectivity index (χ4n) is 5.44. The van der Waals surface area contributed by atoms with Crippen LogP contribution in [0.1, 0.15) is 48.2 Å². The Labute approximate surface area is 214 Å². The van der Waals surface area contributed by atoms with Crippen LogP contribution in [0.25, 0.3) is 11.3 Å². The first-order valence-corrected chi connectivity index (χ1v) is 13.1. The van der Waals surface area contributed by atoms with E-state index in [1.807, 2.05) is 12.3 Å². The van der Waals surface area contributed by atoms with Gasteiger partial charge in [0.05, 0.1) is 12.8 Å². The van der Waals surface area contributed by atoms with E-state index < -0.39 is 0 Å². The highest BCUT2D eigenvalue weighted by Gasteiger charge is 2.25. The zero-order valence-corrected chi connectivity index (χ0v) is 21.4. The highest BCUT2D eigenvalue weighted by atomic mass is 16.5. The van der Waals surface area contributed by atoms with Crippen LogP contribution in [-0.2, 0) is 24.3 Å². The molecule has 1 saturated heterocycles. The van der Waals surface area contributed by atoms with Crippen LogP contribution in [0.4, 0.5) is 0 Å². The molecule has 5 aliphatic heterocycles. The molecule has 0 spiro atoms. The van der Waals surface area contributed by atoms with Gasteiger partial charge in [0.15, 0.2) is 0 Å². The zero-order valence-electron chi connectivity index (χ0n) is 21.4. The van der Waals surface area contributed by atoms with E-state index in [9.17, 15) is 4.79 Å². The molecule has 6 heteroatoms. The summed E-state index contributed by atoms with van der Waals surface area (Å²) in [5.41, 5.74) is 5.66. The normalized spacial score (nSPS) is 21.6. The number of aromatic nitrogens is 2. The first-order valence-electron chi connectivity index (χ1n) is 13.1. The summed E-state index contributed by atoms with van der Waals surface area (Å²) in [4.78, 5) is 27.1. The van der Waals surface area contributed by atoms with Gasteiger partial charge >= 0.3 is 0 Å². The van der Waals surface area contributed by atoms with Crippen LogP contribution in [0.5, 0.6) is 5.75 Å². The molecule has 6 nitrogen and oxygen atoms in total. The van der Waals surface area contributed by atoms with E-state index in [1.165, 1.54) is 11.1 Å². The fourth-order valence-corrected chi connectivity index (χ4v) is 5.44. The van der Waals surface area contributed by atoms with Crippen LogP contribution in [-0.4, -0.2) is 59.3 Å². The van der Waals surface area contributed by atoms with Crippen LogP contribution < -0.4 is 4.74 Å². The third-order valence-electron chi connectivity index (χ3n) is 7.44. The number of carbonyl (C=O) groups is 1. The van der Waals surface area contributed by atoms with Crippen molar-refractivity contribution in [2.75, 3.05) is 33.8 Å². The molecule has 8 rings (SSSR count). The van der Waals surface area contributed by atoms with Gasteiger partial charge in [-0.2, -0.15) is 0 Å². The Hall–Kier alpha value is -3.09. The van der Waals surface area contributed by atoms with Crippen molar-refractivity contribution < 1.29 is 9.53 Å². The van der Waals surface area contributed by atoms with E-state index in [4.69, 9.17) is 9.72 Å². The molecule has 1 fully saturated rings. The van der Waals surface area contributed by atoms with Gasteiger partial charge in [-0.3, -0.25) is 9.69 Å². The van der Waals surface area contributed by atoms with Gasteiger partial charge in [-0.1, -0.05) is 30.3 Å². The van der Waals surface area contributed by atoms with E-state index in [0.29, 0.717) is 18.6 Å². The van der Waals surface area contributed by atoms with E-state index in [0.717, 1.165) is 80.4 Å². The van der Waals surface area contributed by atoms with Gasteiger partial charge in [-0.25, -0.2) is 9.97 Å². The molecule has 188 valence electrons. The lowest BCUT2D eigenvalue weighted by Crippen LogP contribution is -2.36. The average Bonchev–Trinajstić information content (AvgIpc) is 2.89. The Balaban J connectivity index is 1.43. The number of Topliss-reactive ketones (excluding diaryl/α,β-unsaturated/α-hetero) is 1. The van der Waals surface area contributed by atoms with E-state index >= 15 is 0 Å². The first kappa shape index (κ1) is 24.6. The van der Waals surface area contributed by atoms with E-state index in [-0.39, 0.29) is 5.92 Å². The summed E-state index contributed by atoms with van der Waals surface area (Å²) in [5, 5.41) is 0. The average molecular weight is 485 g/mol. The molecule has 2 aromatic carbocycles. The molecule has 0 N–H and O–H groups in total. The quantitative estimate of drug-likeness (QED) is 0.497. The summed E-state index contributed by atoms with van der Waals surface area (Å²) in [7, 11) is 3.85. The molecular weight excluding hydrogens is 448 g/mol. The summed E-state index contributed by atoms with van der Waals surface area (Å²) in [6.07, 6.45) is 6.02. The van der Waals surface area contributed by atoms with Crippen molar-refractivity contribution in [3.63, 3.8) is 0 Å². The van der Waals surface area contributed by atoms with E-state index in [2.05, 4.69) is 64.3 Å². The number of rotatable bonds is 1. The number of benzene rings is 2. The Morgan fingerprint density at radius 3 is 2.47 bits per heavy atom. The molecule has 3 aromatic rings. The molecule has 0 amide bonds. The Kier molecular flexibility index (Phi) is 7.73. The molecule has 1 aromatic heterocycles. The van der Waals surface area contributed by atoms with Crippen molar-refractivity contribution in [2.45, 2.75) is 45.2 Å². The van der Waals surface area contributed by atoms with Crippen LogP contribution in [0.15, 0.2) is 54.7 Å². The van der Waals surface area contributed by atoms with Crippen LogP contribution in [0.3, 0.4) is 0 Å². The number of hydrogen-bond acceptors (Lipinski definition) is 6. The number of hydrogen-bond donors (Lipinski definition) is 0. The first-order chi connectivity index (χ1) is 17.6. The Morgan fingerprint density at radius 2 is 1.69 bits per heavy atom. The maximum atomic E-state index is 12.9. The fraction of sp³-hybridized carbons (Fsp3) is 0.433. The molecule has 36 heavy (non-hydrogen) atoms. The lowest BCUT2D eigenvalue weighted by molar-refractivity contribution is -0.124. The second-order valence-electron chi connectivity index (χ2n) is 10.3. The molecule has 0 unspecified atom stereocenters. The molecule has 0 saturated carbocycles. The largest absolute Gasteiger partial charge is 0.497 e. The third-order valence-corrected chi connectivity index (χ3v) is 7.44. The van der Waals surface area contributed by atoms with Gasteiger partial charge in [-0.15, -0.1) is 0 Å². The van der Waals surface area contributed by atoms with Gasteiger partial charge in [0.1, 0.15) is 17.4 Å². The smallest absolute Gasteiger partial charge is 0.136 e. The summed E-state index contributed by atoms with van der Waals surface area (Å²) >= 11 is 0. The van der Waals surface area contributed by atoms with Crippen LogP contribution in [0, 0.1) is 5.92 Å². The highest BCUT2D eigenvalue weighted by Crippen LogP contribution is 2.25. The van der Waals surface area contributed by atoms with Gasteiger partial charge in [0, 0.05) is 43.6 Å².